The van der Waals surface area contributed by atoms with Crippen molar-refractivity contribution in [2.45, 2.75) is 32.5 Å². The number of aliphatic hydroxyl groups is 2. The number of hydrogen-bond donors (Lipinski definition) is 2. The molecule has 0 aromatic carbocycles. The van der Waals surface area contributed by atoms with Crippen molar-refractivity contribution in [1.82, 2.24) is 0 Å². The van der Waals surface area contributed by atoms with Crippen molar-refractivity contribution in [3.63, 3.8) is 0 Å². The van der Waals surface area contributed by atoms with Crippen molar-refractivity contribution < 1.29 is 19.7 Å². The smallest absolute Gasteiger partial charge is 0.337 e. The molecule has 0 bridgehead atoms. The Kier molecular flexibility index (Phi) is 3.48. The highest BCUT2D eigenvalue weighted by atomic mass is 16.6. The number of hydrogen-bond acceptors (Lipinski definition) is 4. The Hall–Kier alpha value is -0.610. The molecular weight excluding hydrogens is 148 g/mol. The van der Waals surface area contributed by atoms with Crippen molar-refractivity contribution in [2.75, 3.05) is 6.61 Å². The van der Waals surface area contributed by atoms with Crippen LogP contribution in [0.5, 0.6) is 0 Å². The minimum atomic E-state index is -1.48. The summed E-state index contributed by atoms with van der Waals surface area (Å²) in [4.78, 5) is 10.8. The number of carbonyl (C=O) groups is 1. The zero-order chi connectivity index (χ0) is 9.07. The Morgan fingerprint density at radius 1 is 1.64 bits per heavy atom. The fraction of sp³-hybridized carbons (Fsp3) is 0.857. The molecule has 0 radical (unpaired) electrons. The highest BCUT2D eigenvalue weighted by Crippen LogP contribution is 2.03. The molecule has 11 heavy (non-hydrogen) atoms. The molecule has 0 saturated carbocycles. The van der Waals surface area contributed by atoms with Crippen LogP contribution in [0.4, 0.5) is 0 Å². The molecule has 2 N–H and O–H groups in total. The second-order valence-corrected chi connectivity index (χ2v) is 3.01. The van der Waals surface area contributed by atoms with Gasteiger partial charge in [-0.1, -0.05) is 0 Å². The third-order valence-electron chi connectivity index (χ3n) is 0.955. The molecule has 4 heteroatoms. The largest absolute Gasteiger partial charge is 0.461 e. The zero-order valence-electron chi connectivity index (χ0n) is 7.00. The minimum absolute atomic E-state index is 0.0805. The van der Waals surface area contributed by atoms with Gasteiger partial charge in [0.15, 0.2) is 5.60 Å². The van der Waals surface area contributed by atoms with Gasteiger partial charge in [0.1, 0.15) is 6.61 Å². The van der Waals surface area contributed by atoms with Crippen LogP contribution in [0.2, 0.25) is 0 Å². The highest BCUT2D eigenvalue weighted by molar-refractivity contribution is 5.78. The molecule has 0 aliphatic rings. The number of aliphatic hydroxyl groups excluding tert-OH is 1. The molecule has 0 aromatic heterocycles. The van der Waals surface area contributed by atoms with E-state index in [-0.39, 0.29) is 6.61 Å². The number of carbonyl (C=O) groups excluding carboxylic acids is 1. The molecule has 1 unspecified atom stereocenters. The van der Waals surface area contributed by atoms with Gasteiger partial charge in [-0.05, 0) is 20.8 Å². The summed E-state index contributed by atoms with van der Waals surface area (Å²) in [6.07, 6.45) is -0.693. The van der Waals surface area contributed by atoms with Gasteiger partial charge in [0.2, 0.25) is 0 Å². The predicted octanol–water partition coefficient (Wildman–Crippen LogP) is -0.319. The van der Waals surface area contributed by atoms with Crippen LogP contribution in [-0.4, -0.2) is 34.5 Å². The summed E-state index contributed by atoms with van der Waals surface area (Å²) >= 11 is 0. The van der Waals surface area contributed by atoms with Crippen LogP contribution in [0, 0.1) is 0 Å². The molecule has 0 spiro atoms. The summed E-state index contributed by atoms with van der Waals surface area (Å²) in [6, 6.07) is 0. The molecule has 0 amide bonds. The molecule has 1 atom stereocenters. The minimum Gasteiger partial charge on any atom is -0.461 e. The van der Waals surface area contributed by atoms with E-state index in [2.05, 4.69) is 4.74 Å². The van der Waals surface area contributed by atoms with E-state index < -0.39 is 17.7 Å². The fourth-order valence-corrected chi connectivity index (χ4v) is 0.373. The molecule has 66 valence electrons. The van der Waals surface area contributed by atoms with Crippen molar-refractivity contribution in [3.05, 3.63) is 0 Å². The summed E-state index contributed by atoms with van der Waals surface area (Å²) in [7, 11) is 0. The Balaban J connectivity index is 3.71. The van der Waals surface area contributed by atoms with E-state index in [1.54, 1.807) is 0 Å². The SMILES string of the molecule is CC(O)COC(=O)C(C)(C)O. The molecule has 0 fully saturated rings. The van der Waals surface area contributed by atoms with Crippen molar-refractivity contribution in [3.8, 4) is 0 Å². The topological polar surface area (TPSA) is 66.8 Å². The summed E-state index contributed by atoms with van der Waals surface area (Å²) < 4.78 is 4.53. The molecular formula is C7H14O4. The molecule has 0 aliphatic heterocycles. The first kappa shape index (κ1) is 10.4. The van der Waals surface area contributed by atoms with Crippen LogP contribution in [-0.2, 0) is 9.53 Å². The Bertz CT molecular complexity index is 134. The van der Waals surface area contributed by atoms with Crippen LogP contribution in [0.15, 0.2) is 0 Å². The lowest BCUT2D eigenvalue weighted by atomic mass is 10.1. The second kappa shape index (κ2) is 3.69. The standard InChI is InChI=1S/C7H14O4/c1-5(8)4-11-6(9)7(2,3)10/h5,8,10H,4H2,1-3H3. The van der Waals surface area contributed by atoms with Crippen LogP contribution in [0.3, 0.4) is 0 Å². The first-order valence-electron chi connectivity index (χ1n) is 3.41. The Morgan fingerprint density at radius 2 is 2.09 bits per heavy atom. The molecule has 0 rings (SSSR count). The third-order valence-corrected chi connectivity index (χ3v) is 0.955. The maximum atomic E-state index is 10.8. The second-order valence-electron chi connectivity index (χ2n) is 3.01. The monoisotopic (exact) mass is 162 g/mol. The summed E-state index contributed by atoms with van der Waals surface area (Å²) in [5.74, 6) is -0.724. The van der Waals surface area contributed by atoms with Crippen LogP contribution >= 0.6 is 0 Å². The summed E-state index contributed by atoms with van der Waals surface area (Å²) in [6.45, 7) is 4.08. The average Bonchev–Trinajstić information content (AvgIpc) is 1.80. The highest BCUT2D eigenvalue weighted by Gasteiger charge is 2.25. The predicted molar refractivity (Wildman–Crippen MR) is 38.9 cm³/mol. The quantitative estimate of drug-likeness (QED) is 0.558. The molecule has 0 saturated heterocycles. The van der Waals surface area contributed by atoms with Gasteiger partial charge in [0.05, 0.1) is 6.10 Å². The average molecular weight is 162 g/mol. The molecule has 4 nitrogen and oxygen atoms in total. The number of esters is 1. The van der Waals surface area contributed by atoms with E-state index in [1.165, 1.54) is 20.8 Å². The van der Waals surface area contributed by atoms with Gasteiger partial charge < -0.3 is 14.9 Å². The van der Waals surface area contributed by atoms with E-state index in [0.717, 1.165) is 0 Å². The summed E-state index contributed by atoms with van der Waals surface area (Å²) in [5, 5.41) is 17.8. The lowest BCUT2D eigenvalue weighted by Crippen LogP contribution is -2.34. The van der Waals surface area contributed by atoms with Gasteiger partial charge in [-0.3, -0.25) is 0 Å². The Morgan fingerprint density at radius 3 is 2.36 bits per heavy atom. The lowest BCUT2D eigenvalue weighted by molar-refractivity contribution is -0.164. The molecule has 0 aromatic rings. The lowest BCUT2D eigenvalue weighted by Gasteiger charge is -2.15. The van der Waals surface area contributed by atoms with Gasteiger partial charge in [-0.2, -0.15) is 0 Å². The van der Waals surface area contributed by atoms with Crippen LogP contribution < -0.4 is 0 Å². The van der Waals surface area contributed by atoms with Crippen LogP contribution in [0.1, 0.15) is 20.8 Å². The molecule has 0 aliphatic carbocycles. The third kappa shape index (κ3) is 4.75. The van der Waals surface area contributed by atoms with Crippen molar-refractivity contribution in [1.29, 1.82) is 0 Å². The summed E-state index contributed by atoms with van der Waals surface area (Å²) in [5.41, 5.74) is -1.48. The van der Waals surface area contributed by atoms with Gasteiger partial charge in [-0.15, -0.1) is 0 Å². The van der Waals surface area contributed by atoms with Crippen molar-refractivity contribution in [2.24, 2.45) is 0 Å². The zero-order valence-corrected chi connectivity index (χ0v) is 7.00. The van der Waals surface area contributed by atoms with Crippen molar-refractivity contribution >= 4 is 5.97 Å². The van der Waals surface area contributed by atoms with Gasteiger partial charge in [-0.25, -0.2) is 4.79 Å². The Labute approximate surface area is 65.8 Å². The fourth-order valence-electron chi connectivity index (χ4n) is 0.373. The van der Waals surface area contributed by atoms with E-state index in [0.29, 0.717) is 0 Å². The van der Waals surface area contributed by atoms with Gasteiger partial charge >= 0.3 is 5.97 Å². The molecule has 0 heterocycles. The first-order chi connectivity index (χ1) is 4.84. The van der Waals surface area contributed by atoms with Crippen LogP contribution in [0.25, 0.3) is 0 Å². The number of ether oxygens (including phenoxy) is 1. The van der Waals surface area contributed by atoms with E-state index >= 15 is 0 Å². The van der Waals surface area contributed by atoms with E-state index in [4.69, 9.17) is 10.2 Å². The normalized spacial score (nSPS) is 14.3. The maximum Gasteiger partial charge on any atom is 0.337 e. The van der Waals surface area contributed by atoms with Gasteiger partial charge in [0.25, 0.3) is 0 Å². The first-order valence-corrected chi connectivity index (χ1v) is 3.41. The number of rotatable bonds is 3. The van der Waals surface area contributed by atoms with E-state index in [1.807, 2.05) is 0 Å². The maximum absolute atomic E-state index is 10.8. The van der Waals surface area contributed by atoms with E-state index in [9.17, 15) is 4.79 Å². The van der Waals surface area contributed by atoms with Gasteiger partial charge in [0, 0.05) is 0 Å².